The van der Waals surface area contributed by atoms with E-state index >= 15 is 0 Å². The van der Waals surface area contributed by atoms with Crippen molar-refractivity contribution in [3.05, 3.63) is 0 Å². The number of hydrogen-bond donors (Lipinski definition) is 3. The van der Waals surface area contributed by atoms with Gasteiger partial charge in [-0.1, -0.05) is 0 Å². The van der Waals surface area contributed by atoms with Crippen molar-refractivity contribution in [3.63, 3.8) is 0 Å². The summed E-state index contributed by atoms with van der Waals surface area (Å²) in [5, 5.41) is 7.96. The van der Waals surface area contributed by atoms with Gasteiger partial charge in [-0.05, 0) is 19.9 Å². The van der Waals surface area contributed by atoms with Gasteiger partial charge in [0.15, 0.2) is 0 Å². The molecule has 6 heteroatoms. The van der Waals surface area contributed by atoms with E-state index in [2.05, 4.69) is 16.0 Å². The lowest BCUT2D eigenvalue weighted by Crippen LogP contribution is -2.42. The molecule has 1 aliphatic rings. The number of rotatable bonds is 6. The second kappa shape index (κ2) is 6.22. The summed E-state index contributed by atoms with van der Waals surface area (Å²) in [6, 6.07) is -0.574. The SMILES string of the molecule is CNCC(=O)NC(C=O)CC1CCNC1=O. The molecule has 1 fully saturated rings. The maximum Gasteiger partial charge on any atom is 0.234 e. The number of carbonyl (C=O) groups is 3. The summed E-state index contributed by atoms with van der Waals surface area (Å²) < 4.78 is 0. The second-order valence-corrected chi connectivity index (χ2v) is 3.85. The van der Waals surface area contributed by atoms with Crippen LogP contribution in [-0.2, 0) is 14.4 Å². The molecule has 1 saturated heterocycles. The van der Waals surface area contributed by atoms with E-state index in [4.69, 9.17) is 0 Å². The fourth-order valence-corrected chi connectivity index (χ4v) is 1.74. The summed E-state index contributed by atoms with van der Waals surface area (Å²) in [5.74, 6) is -0.433. The Bertz CT molecular complexity index is 280. The highest BCUT2D eigenvalue weighted by Gasteiger charge is 2.27. The minimum Gasteiger partial charge on any atom is -0.356 e. The molecule has 3 N–H and O–H groups in total. The summed E-state index contributed by atoms with van der Waals surface area (Å²) in [6.45, 7) is 0.820. The molecular weight excluding hydrogens is 210 g/mol. The molecule has 0 aliphatic carbocycles. The van der Waals surface area contributed by atoms with E-state index in [0.29, 0.717) is 19.3 Å². The zero-order valence-corrected chi connectivity index (χ0v) is 9.29. The molecule has 6 nitrogen and oxygen atoms in total. The molecule has 0 radical (unpaired) electrons. The average Bonchev–Trinajstić information content (AvgIpc) is 2.64. The third-order valence-corrected chi connectivity index (χ3v) is 2.55. The minimum absolute atomic E-state index is 0.0327. The predicted molar refractivity (Wildman–Crippen MR) is 57.7 cm³/mol. The second-order valence-electron chi connectivity index (χ2n) is 3.85. The topological polar surface area (TPSA) is 87.3 Å². The molecule has 0 spiro atoms. The number of amides is 2. The van der Waals surface area contributed by atoms with E-state index in [-0.39, 0.29) is 24.3 Å². The van der Waals surface area contributed by atoms with Gasteiger partial charge in [-0.15, -0.1) is 0 Å². The fourth-order valence-electron chi connectivity index (χ4n) is 1.74. The van der Waals surface area contributed by atoms with Crippen LogP contribution in [0.4, 0.5) is 0 Å². The smallest absolute Gasteiger partial charge is 0.234 e. The van der Waals surface area contributed by atoms with Crippen molar-refractivity contribution in [2.45, 2.75) is 18.9 Å². The first-order chi connectivity index (χ1) is 7.67. The predicted octanol–water partition coefficient (Wildman–Crippen LogP) is -1.58. The van der Waals surface area contributed by atoms with Crippen molar-refractivity contribution in [1.82, 2.24) is 16.0 Å². The van der Waals surface area contributed by atoms with E-state index in [1.54, 1.807) is 7.05 Å². The molecule has 0 aromatic rings. The van der Waals surface area contributed by atoms with Crippen molar-refractivity contribution in [2.24, 2.45) is 5.92 Å². The summed E-state index contributed by atoms with van der Waals surface area (Å²) in [4.78, 5) is 33.3. The van der Waals surface area contributed by atoms with Crippen LogP contribution >= 0.6 is 0 Å². The van der Waals surface area contributed by atoms with Gasteiger partial charge in [0.2, 0.25) is 11.8 Å². The molecule has 16 heavy (non-hydrogen) atoms. The Morgan fingerprint density at radius 2 is 2.44 bits per heavy atom. The van der Waals surface area contributed by atoms with Crippen LogP contribution in [0.2, 0.25) is 0 Å². The molecule has 1 heterocycles. The van der Waals surface area contributed by atoms with E-state index in [1.807, 2.05) is 0 Å². The summed E-state index contributed by atoms with van der Waals surface area (Å²) in [5.41, 5.74) is 0. The lowest BCUT2D eigenvalue weighted by Gasteiger charge is -2.15. The van der Waals surface area contributed by atoms with Gasteiger partial charge in [0.1, 0.15) is 6.29 Å². The minimum atomic E-state index is -0.574. The van der Waals surface area contributed by atoms with Crippen LogP contribution in [0, 0.1) is 5.92 Å². The maximum atomic E-state index is 11.3. The number of likely N-dealkylation sites (N-methyl/N-ethyl adjacent to an activating group) is 1. The van der Waals surface area contributed by atoms with Crippen LogP contribution in [0.25, 0.3) is 0 Å². The lowest BCUT2D eigenvalue weighted by molar-refractivity contribution is -0.125. The Morgan fingerprint density at radius 1 is 1.69 bits per heavy atom. The fraction of sp³-hybridized carbons (Fsp3) is 0.700. The Hall–Kier alpha value is -1.43. The van der Waals surface area contributed by atoms with Gasteiger partial charge in [-0.25, -0.2) is 0 Å². The molecule has 0 bridgehead atoms. The highest BCUT2D eigenvalue weighted by atomic mass is 16.2. The van der Waals surface area contributed by atoms with Crippen LogP contribution in [0.5, 0.6) is 0 Å². The highest BCUT2D eigenvalue weighted by molar-refractivity contribution is 5.83. The van der Waals surface area contributed by atoms with Gasteiger partial charge in [0, 0.05) is 12.5 Å². The van der Waals surface area contributed by atoms with Crippen molar-refractivity contribution in [1.29, 1.82) is 0 Å². The van der Waals surface area contributed by atoms with Crippen molar-refractivity contribution in [2.75, 3.05) is 20.1 Å². The number of hydrogen-bond acceptors (Lipinski definition) is 4. The molecule has 2 atom stereocenters. The van der Waals surface area contributed by atoms with Gasteiger partial charge in [-0.3, -0.25) is 9.59 Å². The third kappa shape index (κ3) is 3.62. The zero-order valence-electron chi connectivity index (χ0n) is 9.29. The molecule has 1 aliphatic heterocycles. The van der Waals surface area contributed by atoms with E-state index in [0.717, 1.165) is 6.42 Å². The molecular formula is C10H17N3O3. The van der Waals surface area contributed by atoms with Crippen molar-refractivity contribution in [3.8, 4) is 0 Å². The van der Waals surface area contributed by atoms with Gasteiger partial charge in [0.05, 0.1) is 12.6 Å². The summed E-state index contributed by atoms with van der Waals surface area (Å²) in [6.07, 6.45) is 1.79. The number of nitrogens with one attached hydrogen (secondary N) is 3. The third-order valence-electron chi connectivity index (χ3n) is 2.55. The summed E-state index contributed by atoms with van der Waals surface area (Å²) in [7, 11) is 1.65. The molecule has 2 amide bonds. The zero-order chi connectivity index (χ0) is 12.0. The van der Waals surface area contributed by atoms with Gasteiger partial charge >= 0.3 is 0 Å². The quantitative estimate of drug-likeness (QED) is 0.478. The van der Waals surface area contributed by atoms with E-state index in [1.165, 1.54) is 0 Å². The normalized spacial score (nSPS) is 21.3. The van der Waals surface area contributed by atoms with Gasteiger partial charge < -0.3 is 20.7 Å². The Balaban J connectivity index is 2.39. The van der Waals surface area contributed by atoms with Crippen LogP contribution in [0.1, 0.15) is 12.8 Å². The molecule has 0 aromatic carbocycles. The number of aldehydes is 1. The van der Waals surface area contributed by atoms with Gasteiger partial charge in [0.25, 0.3) is 0 Å². The van der Waals surface area contributed by atoms with Crippen LogP contribution in [0.15, 0.2) is 0 Å². The molecule has 0 aromatic heterocycles. The van der Waals surface area contributed by atoms with Crippen LogP contribution in [-0.4, -0.2) is 44.3 Å². The first-order valence-corrected chi connectivity index (χ1v) is 5.34. The molecule has 1 rings (SSSR count). The monoisotopic (exact) mass is 227 g/mol. The van der Waals surface area contributed by atoms with E-state index in [9.17, 15) is 14.4 Å². The molecule has 0 saturated carbocycles. The molecule has 90 valence electrons. The van der Waals surface area contributed by atoms with Crippen molar-refractivity contribution >= 4 is 18.1 Å². The highest BCUT2D eigenvalue weighted by Crippen LogP contribution is 2.15. The lowest BCUT2D eigenvalue weighted by atomic mass is 9.99. The molecule has 2 unspecified atom stereocenters. The number of carbonyl (C=O) groups excluding carboxylic acids is 3. The first kappa shape index (κ1) is 12.6. The Morgan fingerprint density at radius 3 is 2.94 bits per heavy atom. The average molecular weight is 227 g/mol. The van der Waals surface area contributed by atoms with Crippen LogP contribution < -0.4 is 16.0 Å². The standard InChI is InChI=1S/C10H17N3O3/c1-11-5-9(15)13-8(6-14)4-7-2-3-12-10(7)16/h6-8,11H,2-5H2,1H3,(H,12,16)(H,13,15). The van der Waals surface area contributed by atoms with Gasteiger partial charge in [-0.2, -0.15) is 0 Å². The first-order valence-electron chi connectivity index (χ1n) is 5.34. The van der Waals surface area contributed by atoms with E-state index < -0.39 is 6.04 Å². The summed E-state index contributed by atoms with van der Waals surface area (Å²) >= 11 is 0. The van der Waals surface area contributed by atoms with Crippen molar-refractivity contribution < 1.29 is 14.4 Å². The maximum absolute atomic E-state index is 11.3. The Labute approximate surface area is 94.2 Å². The van der Waals surface area contributed by atoms with Crippen LogP contribution in [0.3, 0.4) is 0 Å². The Kier molecular flexibility index (Phi) is 4.91. The largest absolute Gasteiger partial charge is 0.356 e.